The zero-order valence-electron chi connectivity index (χ0n) is 15.1. The van der Waals surface area contributed by atoms with Crippen molar-refractivity contribution in [2.75, 3.05) is 13.1 Å². The third-order valence-electron chi connectivity index (χ3n) is 5.14. The molecule has 0 spiro atoms. The Bertz CT molecular complexity index is 993. The third-order valence-corrected chi connectivity index (χ3v) is 5.14. The first-order valence-corrected chi connectivity index (χ1v) is 9.07. The summed E-state index contributed by atoms with van der Waals surface area (Å²) in [5.74, 6) is -1.26. The molecule has 4 rings (SSSR count). The molecule has 2 unspecified atom stereocenters. The maximum Gasteiger partial charge on any atom is 0.308 e. The SMILES string of the molecule is CC1CC(C(=O)O)CN(C(=O)c2ccc(-n3cnc4ccccc43)cc2)C1. The van der Waals surface area contributed by atoms with E-state index < -0.39 is 11.9 Å². The van der Waals surface area contributed by atoms with Gasteiger partial charge in [0.25, 0.3) is 5.91 Å². The zero-order valence-corrected chi connectivity index (χ0v) is 15.1. The quantitative estimate of drug-likeness (QED) is 0.775. The molecule has 27 heavy (non-hydrogen) atoms. The highest BCUT2D eigenvalue weighted by atomic mass is 16.4. The van der Waals surface area contributed by atoms with E-state index >= 15 is 0 Å². The van der Waals surface area contributed by atoms with E-state index in [1.807, 2.05) is 47.9 Å². The van der Waals surface area contributed by atoms with Gasteiger partial charge in [-0.2, -0.15) is 0 Å². The van der Waals surface area contributed by atoms with Crippen LogP contribution in [0.4, 0.5) is 0 Å². The summed E-state index contributed by atoms with van der Waals surface area (Å²) in [7, 11) is 0. The van der Waals surface area contributed by atoms with Gasteiger partial charge in [0.15, 0.2) is 0 Å². The average Bonchev–Trinajstić information content (AvgIpc) is 3.11. The number of hydrogen-bond donors (Lipinski definition) is 1. The van der Waals surface area contributed by atoms with Crippen LogP contribution in [0.3, 0.4) is 0 Å². The Balaban J connectivity index is 1.57. The van der Waals surface area contributed by atoms with Gasteiger partial charge in [0.1, 0.15) is 6.33 Å². The Morgan fingerprint density at radius 2 is 1.81 bits per heavy atom. The molecule has 0 bridgehead atoms. The molecule has 138 valence electrons. The summed E-state index contributed by atoms with van der Waals surface area (Å²) in [6.45, 7) is 2.85. The summed E-state index contributed by atoms with van der Waals surface area (Å²) in [6, 6.07) is 15.2. The number of carbonyl (C=O) groups excluding carboxylic acids is 1. The van der Waals surface area contributed by atoms with Crippen LogP contribution in [0.25, 0.3) is 16.7 Å². The van der Waals surface area contributed by atoms with Crippen molar-refractivity contribution in [3.63, 3.8) is 0 Å². The van der Waals surface area contributed by atoms with Crippen LogP contribution < -0.4 is 0 Å². The van der Waals surface area contributed by atoms with Crippen molar-refractivity contribution in [3.05, 3.63) is 60.4 Å². The fourth-order valence-corrected chi connectivity index (χ4v) is 3.81. The van der Waals surface area contributed by atoms with Crippen LogP contribution in [-0.2, 0) is 4.79 Å². The number of rotatable bonds is 3. The van der Waals surface area contributed by atoms with Crippen molar-refractivity contribution in [1.82, 2.24) is 14.5 Å². The molecule has 2 aromatic carbocycles. The van der Waals surface area contributed by atoms with Crippen LogP contribution >= 0.6 is 0 Å². The highest BCUT2D eigenvalue weighted by Crippen LogP contribution is 2.24. The molecule has 1 aromatic heterocycles. The summed E-state index contributed by atoms with van der Waals surface area (Å²) >= 11 is 0. The second-order valence-corrected chi connectivity index (χ2v) is 7.24. The van der Waals surface area contributed by atoms with Crippen LogP contribution in [0.1, 0.15) is 23.7 Å². The van der Waals surface area contributed by atoms with Crippen molar-refractivity contribution < 1.29 is 14.7 Å². The molecule has 0 saturated carbocycles. The highest BCUT2D eigenvalue weighted by molar-refractivity contribution is 5.95. The lowest BCUT2D eigenvalue weighted by Crippen LogP contribution is -2.45. The minimum atomic E-state index is -0.832. The van der Waals surface area contributed by atoms with E-state index in [-0.39, 0.29) is 18.4 Å². The Labute approximate surface area is 157 Å². The predicted octanol–water partition coefficient (Wildman–Crippen LogP) is 3.21. The van der Waals surface area contributed by atoms with E-state index in [9.17, 15) is 14.7 Å². The molecule has 1 aliphatic rings. The number of benzene rings is 2. The monoisotopic (exact) mass is 363 g/mol. The molecule has 0 aliphatic carbocycles. The maximum absolute atomic E-state index is 12.8. The molecule has 1 fully saturated rings. The summed E-state index contributed by atoms with van der Waals surface area (Å²) in [6.07, 6.45) is 2.39. The van der Waals surface area contributed by atoms with Crippen LogP contribution in [0.2, 0.25) is 0 Å². The Morgan fingerprint density at radius 3 is 2.56 bits per heavy atom. The van der Waals surface area contributed by atoms with E-state index in [0.717, 1.165) is 16.7 Å². The first-order chi connectivity index (χ1) is 13.0. The second kappa shape index (κ2) is 6.87. The summed E-state index contributed by atoms with van der Waals surface area (Å²) in [5, 5.41) is 9.31. The van der Waals surface area contributed by atoms with E-state index in [0.29, 0.717) is 18.5 Å². The summed E-state index contributed by atoms with van der Waals surface area (Å²) < 4.78 is 1.98. The number of nitrogens with zero attached hydrogens (tertiary/aromatic N) is 3. The molecule has 0 radical (unpaired) electrons. The minimum Gasteiger partial charge on any atom is -0.481 e. The molecule has 6 heteroatoms. The summed E-state index contributed by atoms with van der Waals surface area (Å²) in [5.41, 5.74) is 3.42. The number of aliphatic carboxylic acids is 1. The fraction of sp³-hybridized carbons (Fsp3) is 0.286. The number of piperidine rings is 1. The first kappa shape index (κ1) is 17.3. The molecule has 2 atom stereocenters. The van der Waals surface area contributed by atoms with Crippen molar-refractivity contribution in [2.24, 2.45) is 11.8 Å². The lowest BCUT2D eigenvalue weighted by atomic mass is 9.90. The number of hydrogen-bond acceptors (Lipinski definition) is 3. The third kappa shape index (κ3) is 3.30. The topological polar surface area (TPSA) is 75.4 Å². The van der Waals surface area contributed by atoms with Gasteiger partial charge in [-0.15, -0.1) is 0 Å². The van der Waals surface area contributed by atoms with Gasteiger partial charge in [0, 0.05) is 24.3 Å². The molecule has 3 aromatic rings. The summed E-state index contributed by atoms with van der Waals surface area (Å²) in [4.78, 5) is 30.2. The molecular formula is C21H21N3O3. The van der Waals surface area contributed by atoms with E-state index in [2.05, 4.69) is 4.98 Å². The number of carboxylic acid groups (broad SMARTS) is 1. The fourth-order valence-electron chi connectivity index (χ4n) is 3.81. The van der Waals surface area contributed by atoms with E-state index in [1.165, 1.54) is 0 Å². The van der Waals surface area contributed by atoms with Crippen molar-refractivity contribution in [2.45, 2.75) is 13.3 Å². The maximum atomic E-state index is 12.8. The van der Waals surface area contributed by atoms with Crippen LogP contribution in [0.15, 0.2) is 54.9 Å². The van der Waals surface area contributed by atoms with Gasteiger partial charge < -0.3 is 10.0 Å². The number of amides is 1. The molecule has 1 saturated heterocycles. The van der Waals surface area contributed by atoms with Gasteiger partial charge >= 0.3 is 5.97 Å². The van der Waals surface area contributed by atoms with Crippen molar-refractivity contribution >= 4 is 22.9 Å². The lowest BCUT2D eigenvalue weighted by Gasteiger charge is -2.34. The Kier molecular flexibility index (Phi) is 4.39. The van der Waals surface area contributed by atoms with Crippen molar-refractivity contribution in [1.29, 1.82) is 0 Å². The normalized spacial score (nSPS) is 20.0. The largest absolute Gasteiger partial charge is 0.481 e. The predicted molar refractivity (Wildman–Crippen MR) is 102 cm³/mol. The van der Waals surface area contributed by atoms with E-state index in [4.69, 9.17) is 0 Å². The standard InChI is InChI=1S/C21H21N3O3/c1-14-10-16(21(26)27)12-23(11-14)20(25)15-6-8-17(9-7-15)24-13-22-18-4-2-3-5-19(18)24/h2-9,13-14,16H,10-12H2,1H3,(H,26,27). The molecule has 1 N–H and O–H groups in total. The van der Waals surface area contributed by atoms with E-state index in [1.54, 1.807) is 23.4 Å². The second-order valence-electron chi connectivity index (χ2n) is 7.24. The first-order valence-electron chi connectivity index (χ1n) is 9.07. The Morgan fingerprint density at radius 1 is 1.07 bits per heavy atom. The molecule has 1 aliphatic heterocycles. The molecule has 6 nitrogen and oxygen atoms in total. The Hall–Kier alpha value is -3.15. The molecular weight excluding hydrogens is 342 g/mol. The number of imidazole rings is 1. The van der Waals surface area contributed by atoms with Gasteiger partial charge in [-0.3, -0.25) is 14.2 Å². The van der Waals surface area contributed by atoms with Crippen LogP contribution in [-0.4, -0.2) is 44.5 Å². The number of fused-ring (bicyclic) bond motifs is 1. The van der Waals surface area contributed by atoms with Crippen LogP contribution in [0.5, 0.6) is 0 Å². The molecule has 1 amide bonds. The number of likely N-dealkylation sites (tertiary alicyclic amines) is 1. The van der Waals surface area contributed by atoms with Gasteiger partial charge in [-0.1, -0.05) is 19.1 Å². The highest BCUT2D eigenvalue weighted by Gasteiger charge is 2.32. The van der Waals surface area contributed by atoms with Gasteiger partial charge in [-0.05, 0) is 48.7 Å². The zero-order chi connectivity index (χ0) is 19.0. The number of carboxylic acids is 1. The van der Waals surface area contributed by atoms with Gasteiger partial charge in [0.05, 0.1) is 17.0 Å². The van der Waals surface area contributed by atoms with Gasteiger partial charge in [0.2, 0.25) is 0 Å². The van der Waals surface area contributed by atoms with Crippen LogP contribution in [0, 0.1) is 11.8 Å². The number of carbonyl (C=O) groups is 2. The average molecular weight is 363 g/mol. The van der Waals surface area contributed by atoms with Crippen molar-refractivity contribution in [3.8, 4) is 5.69 Å². The number of para-hydroxylation sites is 2. The minimum absolute atomic E-state index is 0.116. The molecule has 2 heterocycles. The smallest absolute Gasteiger partial charge is 0.308 e. The van der Waals surface area contributed by atoms with Gasteiger partial charge in [-0.25, -0.2) is 4.98 Å². The number of aromatic nitrogens is 2. The lowest BCUT2D eigenvalue weighted by molar-refractivity contribution is -0.143.